The predicted molar refractivity (Wildman–Crippen MR) is 149 cm³/mol. The molecule has 4 rings (SSSR count). The van der Waals surface area contributed by atoms with E-state index in [9.17, 15) is 9.59 Å². The summed E-state index contributed by atoms with van der Waals surface area (Å²) in [6, 6.07) is 11.8. The van der Waals surface area contributed by atoms with E-state index in [-0.39, 0.29) is 11.1 Å². The lowest BCUT2D eigenvalue weighted by atomic mass is 9.89. The van der Waals surface area contributed by atoms with E-state index in [0.717, 1.165) is 45.8 Å². The molecule has 0 radical (unpaired) electrons. The first-order chi connectivity index (χ1) is 17.5. The van der Waals surface area contributed by atoms with E-state index >= 15 is 0 Å². The maximum atomic E-state index is 13.1. The molecule has 2 aromatic carbocycles. The molecule has 36 heavy (non-hydrogen) atoms. The van der Waals surface area contributed by atoms with Gasteiger partial charge in [-0.3, -0.25) is 14.5 Å². The third kappa shape index (κ3) is 6.62. The topological polar surface area (TPSA) is 55.8 Å². The van der Waals surface area contributed by atoms with E-state index in [1.807, 2.05) is 49.4 Å². The average Bonchev–Trinajstić information content (AvgIpc) is 3.13. The highest BCUT2D eigenvalue weighted by molar-refractivity contribution is 9.10. The van der Waals surface area contributed by atoms with Crippen molar-refractivity contribution in [2.24, 2.45) is 5.92 Å². The number of carbonyl (C=O) groups excluding carboxylic acids is 2. The number of halogens is 1. The van der Waals surface area contributed by atoms with Crippen molar-refractivity contribution in [2.45, 2.75) is 52.1 Å². The lowest BCUT2D eigenvalue weighted by Crippen LogP contribution is -2.34. The molecule has 2 aliphatic rings. The Kier molecular flexibility index (Phi) is 9.32. The van der Waals surface area contributed by atoms with Crippen molar-refractivity contribution in [3.05, 3.63) is 75.1 Å². The van der Waals surface area contributed by atoms with Gasteiger partial charge in [-0.25, -0.2) is 0 Å². The Morgan fingerprint density at radius 3 is 2.56 bits per heavy atom. The first-order valence-corrected chi connectivity index (χ1v) is 14.1. The lowest BCUT2D eigenvalue weighted by Gasteiger charge is -2.25. The molecule has 0 bridgehead atoms. The highest BCUT2D eigenvalue weighted by Crippen LogP contribution is 2.38. The Hall–Kier alpha value is -2.51. The molecule has 0 aromatic heterocycles. The van der Waals surface area contributed by atoms with Crippen molar-refractivity contribution in [2.75, 3.05) is 13.2 Å². The molecular weight excluding hydrogens is 538 g/mol. The third-order valence-corrected chi connectivity index (χ3v) is 7.89. The lowest BCUT2D eigenvalue weighted by molar-refractivity contribution is -0.123. The molecule has 1 heterocycles. The Morgan fingerprint density at radius 1 is 1.11 bits per heavy atom. The number of benzene rings is 2. The molecule has 2 amide bonds. The molecule has 2 fully saturated rings. The van der Waals surface area contributed by atoms with Crippen molar-refractivity contribution in [1.82, 2.24) is 4.90 Å². The van der Waals surface area contributed by atoms with E-state index in [2.05, 4.69) is 22.5 Å². The number of hydrogen-bond acceptors (Lipinski definition) is 5. The second-order valence-corrected chi connectivity index (χ2v) is 11.1. The largest absolute Gasteiger partial charge is 0.490 e. The van der Waals surface area contributed by atoms with Gasteiger partial charge < -0.3 is 9.47 Å². The van der Waals surface area contributed by atoms with Crippen LogP contribution in [0.5, 0.6) is 11.5 Å². The minimum Gasteiger partial charge on any atom is -0.490 e. The summed E-state index contributed by atoms with van der Waals surface area (Å²) in [4.78, 5) is 27.6. The first-order valence-electron chi connectivity index (χ1n) is 12.5. The molecule has 0 unspecified atom stereocenters. The van der Waals surface area contributed by atoms with Crippen LogP contribution in [0.15, 0.2) is 58.4 Å². The van der Waals surface area contributed by atoms with E-state index in [1.54, 1.807) is 6.08 Å². The minimum atomic E-state index is -0.200. The molecule has 190 valence electrons. The van der Waals surface area contributed by atoms with Crippen molar-refractivity contribution in [1.29, 1.82) is 0 Å². The predicted octanol–water partition coefficient (Wildman–Crippen LogP) is 7.77. The van der Waals surface area contributed by atoms with Crippen molar-refractivity contribution in [3.8, 4) is 11.5 Å². The molecule has 0 atom stereocenters. The fourth-order valence-corrected chi connectivity index (χ4v) is 5.79. The van der Waals surface area contributed by atoms with Gasteiger partial charge in [-0.1, -0.05) is 53.4 Å². The number of thioether (sulfide) groups is 1. The van der Waals surface area contributed by atoms with Crippen molar-refractivity contribution >= 4 is 44.9 Å². The van der Waals surface area contributed by atoms with Crippen LogP contribution in [0.4, 0.5) is 4.79 Å². The van der Waals surface area contributed by atoms with Gasteiger partial charge in [-0.2, -0.15) is 0 Å². The Labute approximate surface area is 226 Å². The summed E-state index contributed by atoms with van der Waals surface area (Å²) in [6.45, 7) is 7.22. The van der Waals surface area contributed by atoms with Crippen LogP contribution in [0.2, 0.25) is 0 Å². The van der Waals surface area contributed by atoms with Crippen LogP contribution in [-0.4, -0.2) is 29.2 Å². The highest BCUT2D eigenvalue weighted by atomic mass is 79.9. The number of allylic oxidation sites excluding steroid dienone is 1. The zero-order chi connectivity index (χ0) is 25.5. The van der Waals surface area contributed by atoms with Gasteiger partial charge in [0, 0.05) is 16.6 Å². The number of rotatable bonds is 10. The first kappa shape index (κ1) is 26.6. The fraction of sp³-hybridized carbons (Fsp3) is 0.379. The molecule has 0 N–H and O–H groups in total. The molecule has 5 nitrogen and oxygen atoms in total. The number of carbonyl (C=O) groups is 2. The van der Waals surface area contributed by atoms with Gasteiger partial charge in [0.1, 0.15) is 6.61 Å². The quantitative estimate of drug-likeness (QED) is 0.216. The number of nitrogens with zero attached hydrogens (tertiary/aromatic N) is 1. The number of hydrogen-bond donors (Lipinski definition) is 0. The number of imide groups is 1. The van der Waals surface area contributed by atoms with Gasteiger partial charge in [-0.15, -0.1) is 6.58 Å². The van der Waals surface area contributed by atoms with E-state index < -0.39 is 0 Å². The van der Waals surface area contributed by atoms with Crippen LogP contribution in [0, 0.1) is 5.92 Å². The second-order valence-electron chi connectivity index (χ2n) is 9.14. The van der Waals surface area contributed by atoms with E-state index in [4.69, 9.17) is 9.47 Å². The van der Waals surface area contributed by atoms with Gasteiger partial charge in [0.2, 0.25) is 0 Å². The van der Waals surface area contributed by atoms with Gasteiger partial charge in [-0.05, 0) is 85.3 Å². The van der Waals surface area contributed by atoms with E-state index in [0.29, 0.717) is 48.5 Å². The highest BCUT2D eigenvalue weighted by Gasteiger charge is 2.36. The number of amides is 2. The SMILES string of the molecule is C=CCc1cc(/C=C2/SC(=O)N(CC3CCCCC3)C2=O)cc(OCC)c1OCc1ccc(Br)cc1. The van der Waals surface area contributed by atoms with Crippen LogP contribution in [0.1, 0.15) is 55.7 Å². The second kappa shape index (κ2) is 12.6. The van der Waals surface area contributed by atoms with Crippen LogP contribution in [-0.2, 0) is 17.8 Å². The summed E-state index contributed by atoms with van der Waals surface area (Å²) in [5, 5.41) is -0.178. The summed E-state index contributed by atoms with van der Waals surface area (Å²) < 4.78 is 13.2. The standard InChI is InChI=1S/C29H32BrNO4S/c1-3-8-23-15-22(16-25(34-4-2)27(23)35-19-21-11-13-24(30)14-12-21)17-26-28(32)31(29(33)36-26)18-20-9-6-5-7-10-20/h3,11-17,20H,1,4-10,18-19H2,2H3/b26-17+. The summed E-state index contributed by atoms with van der Waals surface area (Å²) in [5.74, 6) is 1.50. The van der Waals surface area contributed by atoms with Gasteiger partial charge in [0.15, 0.2) is 11.5 Å². The van der Waals surface area contributed by atoms with Gasteiger partial charge in [0.25, 0.3) is 11.1 Å². The van der Waals surface area contributed by atoms with E-state index in [1.165, 1.54) is 24.2 Å². The number of ether oxygens (including phenoxy) is 2. The molecule has 7 heteroatoms. The summed E-state index contributed by atoms with van der Waals surface area (Å²) >= 11 is 4.48. The molecule has 0 spiro atoms. The fourth-order valence-electron chi connectivity index (χ4n) is 4.67. The molecule has 2 aromatic rings. The Morgan fingerprint density at radius 2 is 1.86 bits per heavy atom. The zero-order valence-corrected chi connectivity index (χ0v) is 23.0. The van der Waals surface area contributed by atoms with Crippen LogP contribution < -0.4 is 9.47 Å². The van der Waals surface area contributed by atoms with Gasteiger partial charge in [0.05, 0.1) is 11.5 Å². The maximum absolute atomic E-state index is 13.1. The summed E-state index contributed by atoms with van der Waals surface area (Å²) in [5.41, 5.74) is 2.76. The summed E-state index contributed by atoms with van der Waals surface area (Å²) in [6.07, 6.45) is 9.98. The molecule has 1 saturated heterocycles. The summed E-state index contributed by atoms with van der Waals surface area (Å²) in [7, 11) is 0. The maximum Gasteiger partial charge on any atom is 0.293 e. The van der Waals surface area contributed by atoms with Crippen molar-refractivity contribution in [3.63, 3.8) is 0 Å². The minimum absolute atomic E-state index is 0.178. The average molecular weight is 571 g/mol. The van der Waals surface area contributed by atoms with Crippen LogP contribution in [0.25, 0.3) is 6.08 Å². The zero-order valence-electron chi connectivity index (χ0n) is 20.6. The Bertz CT molecular complexity index is 1140. The normalized spacial score (nSPS) is 17.6. The van der Waals surface area contributed by atoms with Crippen LogP contribution >= 0.6 is 27.7 Å². The monoisotopic (exact) mass is 569 g/mol. The third-order valence-electron chi connectivity index (χ3n) is 6.45. The molecule has 1 aliphatic heterocycles. The Balaban J connectivity index is 1.57. The smallest absolute Gasteiger partial charge is 0.293 e. The van der Waals surface area contributed by atoms with Crippen LogP contribution in [0.3, 0.4) is 0 Å². The van der Waals surface area contributed by atoms with Crippen molar-refractivity contribution < 1.29 is 19.1 Å². The molecule has 1 aliphatic carbocycles. The molecular formula is C29H32BrNO4S. The molecule has 1 saturated carbocycles. The van der Waals surface area contributed by atoms with Gasteiger partial charge >= 0.3 is 0 Å².